The molecule has 0 unspecified atom stereocenters. The van der Waals surface area contributed by atoms with E-state index in [0.29, 0.717) is 0 Å². The summed E-state index contributed by atoms with van der Waals surface area (Å²) in [7, 11) is -0.372. The summed E-state index contributed by atoms with van der Waals surface area (Å²) < 4.78 is 20.3. The van der Waals surface area contributed by atoms with Gasteiger partial charge in [-0.1, -0.05) is 12.1 Å². The van der Waals surface area contributed by atoms with Crippen LogP contribution in [0.1, 0.15) is 53.2 Å². The van der Waals surface area contributed by atoms with Gasteiger partial charge in [-0.05, 0) is 58.5 Å². The van der Waals surface area contributed by atoms with Crippen molar-refractivity contribution in [2.24, 2.45) is 0 Å². The molecule has 2 aliphatic rings. The Kier molecular flexibility index (Phi) is 3.75. The molecule has 0 N–H and O–H groups in total. The molecule has 1 aromatic carbocycles. The molecule has 5 nitrogen and oxygen atoms in total. The zero-order valence-corrected chi connectivity index (χ0v) is 14.9. The predicted octanol–water partition coefficient (Wildman–Crippen LogP) is 3.03. The van der Waals surface area contributed by atoms with Gasteiger partial charge in [-0.2, -0.15) is 5.10 Å². The monoisotopic (exact) mass is 328 g/mol. The first-order valence-corrected chi connectivity index (χ1v) is 8.82. The van der Waals surface area contributed by atoms with E-state index in [9.17, 15) is 0 Å². The number of rotatable bonds is 2. The van der Waals surface area contributed by atoms with Crippen molar-refractivity contribution in [3.05, 3.63) is 24.4 Å². The Balaban J connectivity index is 1.70. The number of aromatic nitrogens is 2. The minimum absolute atomic E-state index is 0.0392. The molecular formula is C18H25BN2O3. The zero-order chi connectivity index (χ0) is 16.9. The van der Waals surface area contributed by atoms with Gasteiger partial charge in [0.05, 0.1) is 16.7 Å². The highest BCUT2D eigenvalue weighted by Gasteiger charge is 2.52. The maximum atomic E-state index is 6.22. The normalized spacial score (nSPS) is 26.2. The first-order valence-electron chi connectivity index (χ1n) is 8.82. The molecule has 0 bridgehead atoms. The lowest BCUT2D eigenvalue weighted by Crippen LogP contribution is -2.41. The van der Waals surface area contributed by atoms with Gasteiger partial charge in [0.15, 0.2) is 0 Å². The molecule has 24 heavy (non-hydrogen) atoms. The van der Waals surface area contributed by atoms with Crippen LogP contribution in [0.5, 0.6) is 0 Å². The SMILES string of the molecule is CC1(C)OB(c2cccc3nn([C@@H]4CCCCO4)cc23)OC1(C)C. The summed E-state index contributed by atoms with van der Waals surface area (Å²) in [5.74, 6) is 0. The van der Waals surface area contributed by atoms with E-state index < -0.39 is 0 Å². The summed E-state index contributed by atoms with van der Waals surface area (Å²) in [6, 6.07) is 6.11. The van der Waals surface area contributed by atoms with E-state index in [1.807, 2.05) is 16.8 Å². The largest absolute Gasteiger partial charge is 0.495 e. The summed E-state index contributed by atoms with van der Waals surface area (Å²) in [6.07, 6.45) is 5.45. The van der Waals surface area contributed by atoms with Crippen LogP contribution >= 0.6 is 0 Å². The van der Waals surface area contributed by atoms with Crippen LogP contribution in [0.25, 0.3) is 10.9 Å². The lowest BCUT2D eigenvalue weighted by atomic mass is 9.77. The van der Waals surface area contributed by atoms with Crippen LogP contribution in [0.4, 0.5) is 0 Å². The summed E-state index contributed by atoms with van der Waals surface area (Å²) in [6.45, 7) is 9.11. The number of ether oxygens (including phenoxy) is 1. The smallest absolute Gasteiger partial charge is 0.399 e. The predicted molar refractivity (Wildman–Crippen MR) is 94.3 cm³/mol. The van der Waals surface area contributed by atoms with E-state index in [0.717, 1.165) is 35.8 Å². The summed E-state index contributed by atoms with van der Waals surface area (Å²) >= 11 is 0. The molecule has 0 spiro atoms. The lowest BCUT2D eigenvalue weighted by Gasteiger charge is -2.32. The Morgan fingerprint density at radius 1 is 1.12 bits per heavy atom. The quantitative estimate of drug-likeness (QED) is 0.795. The minimum Gasteiger partial charge on any atom is -0.399 e. The fraction of sp³-hybridized carbons (Fsp3) is 0.611. The summed E-state index contributed by atoms with van der Waals surface area (Å²) in [4.78, 5) is 0. The molecule has 2 saturated heterocycles. The third-order valence-corrected chi connectivity index (χ3v) is 5.56. The van der Waals surface area contributed by atoms with Gasteiger partial charge in [0.1, 0.15) is 6.23 Å². The van der Waals surface area contributed by atoms with Crippen molar-refractivity contribution >= 4 is 23.5 Å². The molecule has 1 aromatic heterocycles. The van der Waals surface area contributed by atoms with E-state index in [1.165, 1.54) is 6.42 Å². The molecule has 3 heterocycles. The number of fused-ring (bicyclic) bond motifs is 1. The van der Waals surface area contributed by atoms with Crippen molar-refractivity contribution in [3.63, 3.8) is 0 Å². The van der Waals surface area contributed by atoms with Crippen LogP contribution in [-0.2, 0) is 14.0 Å². The third-order valence-electron chi connectivity index (χ3n) is 5.56. The number of hydrogen-bond acceptors (Lipinski definition) is 4. The second-order valence-corrected chi connectivity index (χ2v) is 7.80. The van der Waals surface area contributed by atoms with Gasteiger partial charge in [-0.25, -0.2) is 4.68 Å². The molecular weight excluding hydrogens is 303 g/mol. The van der Waals surface area contributed by atoms with E-state index in [1.54, 1.807) is 0 Å². The Bertz CT molecular complexity index is 734. The Morgan fingerprint density at radius 3 is 2.54 bits per heavy atom. The number of hydrogen-bond donors (Lipinski definition) is 0. The highest BCUT2D eigenvalue weighted by atomic mass is 16.7. The number of nitrogens with zero attached hydrogens (tertiary/aromatic N) is 2. The molecule has 2 aromatic rings. The molecule has 0 radical (unpaired) electrons. The second kappa shape index (κ2) is 5.58. The zero-order valence-electron chi connectivity index (χ0n) is 14.9. The third kappa shape index (κ3) is 2.57. The topological polar surface area (TPSA) is 45.5 Å². The molecule has 2 fully saturated rings. The van der Waals surface area contributed by atoms with Crippen LogP contribution in [-0.4, -0.2) is 34.7 Å². The molecule has 128 valence electrons. The highest BCUT2D eigenvalue weighted by molar-refractivity contribution is 6.65. The second-order valence-electron chi connectivity index (χ2n) is 7.80. The van der Waals surface area contributed by atoms with Gasteiger partial charge >= 0.3 is 7.12 Å². The molecule has 0 saturated carbocycles. The van der Waals surface area contributed by atoms with Crippen molar-refractivity contribution in [2.45, 2.75) is 64.4 Å². The lowest BCUT2D eigenvalue weighted by molar-refractivity contribution is -0.0390. The average Bonchev–Trinajstić information content (AvgIpc) is 3.06. The summed E-state index contributed by atoms with van der Waals surface area (Å²) in [5, 5.41) is 5.80. The Hall–Kier alpha value is -1.37. The van der Waals surface area contributed by atoms with Crippen LogP contribution in [0, 0.1) is 0 Å². The molecule has 0 amide bonds. The van der Waals surface area contributed by atoms with Crippen molar-refractivity contribution in [1.29, 1.82) is 0 Å². The van der Waals surface area contributed by atoms with E-state index >= 15 is 0 Å². The van der Waals surface area contributed by atoms with Crippen molar-refractivity contribution in [1.82, 2.24) is 9.78 Å². The van der Waals surface area contributed by atoms with Crippen molar-refractivity contribution < 1.29 is 14.0 Å². The molecule has 1 atom stereocenters. The van der Waals surface area contributed by atoms with Gasteiger partial charge in [-0.3, -0.25) is 0 Å². The fourth-order valence-corrected chi connectivity index (χ4v) is 3.34. The van der Waals surface area contributed by atoms with Gasteiger partial charge in [0.25, 0.3) is 0 Å². The first kappa shape index (κ1) is 16.1. The van der Waals surface area contributed by atoms with Crippen LogP contribution < -0.4 is 5.46 Å². The van der Waals surface area contributed by atoms with E-state index in [2.05, 4.69) is 40.0 Å². The van der Waals surface area contributed by atoms with Gasteiger partial charge < -0.3 is 14.0 Å². The number of benzene rings is 1. The molecule has 0 aliphatic carbocycles. The van der Waals surface area contributed by atoms with Crippen LogP contribution in [0.15, 0.2) is 24.4 Å². The fourth-order valence-electron chi connectivity index (χ4n) is 3.34. The minimum atomic E-state index is -0.372. The first-order chi connectivity index (χ1) is 11.4. The Morgan fingerprint density at radius 2 is 1.88 bits per heavy atom. The maximum Gasteiger partial charge on any atom is 0.495 e. The van der Waals surface area contributed by atoms with Gasteiger partial charge in [-0.15, -0.1) is 0 Å². The summed E-state index contributed by atoms with van der Waals surface area (Å²) in [5.41, 5.74) is 1.30. The molecule has 4 rings (SSSR count). The van der Waals surface area contributed by atoms with Gasteiger partial charge in [0, 0.05) is 18.2 Å². The standard InChI is InChI=1S/C18H25BN2O3/c1-17(2)18(3,4)24-19(23-17)14-8-7-9-15-13(14)12-21(20-15)16-10-5-6-11-22-16/h7-9,12,16H,5-6,10-11H2,1-4H3/t16-/m0/s1. The van der Waals surface area contributed by atoms with Crippen LogP contribution in [0.2, 0.25) is 0 Å². The van der Waals surface area contributed by atoms with E-state index in [-0.39, 0.29) is 24.5 Å². The van der Waals surface area contributed by atoms with E-state index in [4.69, 9.17) is 19.1 Å². The van der Waals surface area contributed by atoms with Crippen molar-refractivity contribution in [3.8, 4) is 0 Å². The molecule has 2 aliphatic heterocycles. The highest BCUT2D eigenvalue weighted by Crippen LogP contribution is 2.37. The van der Waals surface area contributed by atoms with Gasteiger partial charge in [0.2, 0.25) is 0 Å². The molecule has 6 heteroatoms. The van der Waals surface area contributed by atoms with Crippen LogP contribution in [0.3, 0.4) is 0 Å². The van der Waals surface area contributed by atoms with Crippen molar-refractivity contribution in [2.75, 3.05) is 6.61 Å². The Labute approximate surface area is 143 Å². The maximum absolute atomic E-state index is 6.22. The average molecular weight is 328 g/mol.